The largest absolute Gasteiger partial charge is 0.221 e. The quantitative estimate of drug-likeness (QED) is 0.382. The van der Waals surface area contributed by atoms with Gasteiger partial charge in [-0.2, -0.15) is 0 Å². The van der Waals surface area contributed by atoms with Gasteiger partial charge in [-0.15, -0.1) is 4.48 Å². The Balaban J connectivity index is 3.25. The predicted octanol–water partition coefficient (Wildman–Crippen LogP) is 2.40. The lowest BCUT2D eigenvalue weighted by Gasteiger charge is -1.99. The molecule has 0 aliphatic carbocycles. The first kappa shape index (κ1) is 7.84. The van der Waals surface area contributed by atoms with Gasteiger partial charge in [0.15, 0.2) is 17.5 Å². The molecule has 0 aliphatic rings. The Morgan fingerprint density at radius 1 is 1.00 bits per heavy atom. The highest BCUT2D eigenvalue weighted by atomic mass is 19.2. The predicted molar refractivity (Wildman–Crippen MR) is 31.0 cm³/mol. The number of hydrogen-bond acceptors (Lipinski definition) is 1. The Labute approximate surface area is 59.6 Å². The molecule has 1 aromatic rings. The Morgan fingerprint density at radius 2 is 1.64 bits per heavy atom. The van der Waals surface area contributed by atoms with Crippen LogP contribution in [-0.4, -0.2) is 0 Å². The van der Waals surface area contributed by atoms with Gasteiger partial charge >= 0.3 is 0 Å². The van der Waals surface area contributed by atoms with Gasteiger partial charge in [0.05, 0.1) is 0 Å². The number of halogens is 4. The Kier molecular flexibility index (Phi) is 1.98. The van der Waals surface area contributed by atoms with Crippen molar-refractivity contribution >= 4 is 5.69 Å². The molecule has 1 nitrogen and oxygen atoms in total. The molecule has 0 fully saturated rings. The molecule has 1 aromatic carbocycles. The lowest BCUT2D eigenvalue weighted by Crippen LogP contribution is -1.94. The summed E-state index contributed by atoms with van der Waals surface area (Å²) in [6, 6.07) is 1.38. The van der Waals surface area contributed by atoms with Crippen LogP contribution in [0.1, 0.15) is 0 Å². The van der Waals surface area contributed by atoms with E-state index in [-0.39, 0.29) is 0 Å². The fourth-order valence-corrected chi connectivity index (χ4v) is 0.599. The minimum Gasteiger partial charge on any atom is -0.221 e. The van der Waals surface area contributed by atoms with Crippen LogP contribution < -0.4 is 5.54 Å². The maximum atomic E-state index is 12.3. The average Bonchev–Trinajstić information content (AvgIpc) is 2.01. The van der Waals surface area contributed by atoms with E-state index in [9.17, 15) is 17.7 Å². The molecule has 0 aromatic heterocycles. The molecule has 0 saturated heterocycles. The van der Waals surface area contributed by atoms with Crippen molar-refractivity contribution in [3.8, 4) is 0 Å². The lowest BCUT2D eigenvalue weighted by atomic mass is 10.3. The van der Waals surface area contributed by atoms with Gasteiger partial charge in [0.1, 0.15) is 5.69 Å². The fourth-order valence-electron chi connectivity index (χ4n) is 0.599. The standard InChI is InChI=1S/C6H3F4N/c7-3-1-2-4(11-10)6(9)5(3)8/h1-2,11H. The molecular formula is C6H3F4N. The van der Waals surface area contributed by atoms with Crippen LogP contribution >= 0.6 is 0 Å². The maximum Gasteiger partial charge on any atom is 0.196 e. The second kappa shape index (κ2) is 2.77. The molecule has 0 amide bonds. The third-order valence-electron chi connectivity index (χ3n) is 1.14. The zero-order chi connectivity index (χ0) is 8.43. The first-order valence-electron chi connectivity index (χ1n) is 2.67. The number of rotatable bonds is 1. The molecule has 0 atom stereocenters. The summed E-state index contributed by atoms with van der Waals surface area (Å²) in [7, 11) is 0. The SMILES string of the molecule is FNc1ccc(F)c(F)c1F. The second-order valence-corrected chi connectivity index (χ2v) is 1.82. The molecule has 0 heterocycles. The van der Waals surface area contributed by atoms with E-state index in [0.717, 1.165) is 11.6 Å². The van der Waals surface area contributed by atoms with Crippen molar-refractivity contribution < 1.29 is 17.7 Å². The summed E-state index contributed by atoms with van der Waals surface area (Å²) in [6.07, 6.45) is 0. The molecule has 5 heteroatoms. The molecule has 1 N–H and O–H groups in total. The van der Waals surface area contributed by atoms with Gasteiger partial charge in [0, 0.05) is 0 Å². The van der Waals surface area contributed by atoms with Crippen molar-refractivity contribution in [3.05, 3.63) is 29.6 Å². The molecule has 11 heavy (non-hydrogen) atoms. The third kappa shape index (κ3) is 1.26. The first-order chi connectivity index (χ1) is 5.16. The zero-order valence-corrected chi connectivity index (χ0v) is 5.17. The number of hydrogen-bond donors (Lipinski definition) is 1. The maximum absolute atomic E-state index is 12.3. The minimum absolute atomic E-state index is 0.625. The minimum atomic E-state index is -1.69. The third-order valence-corrected chi connectivity index (χ3v) is 1.14. The molecule has 0 saturated carbocycles. The highest BCUT2D eigenvalue weighted by Gasteiger charge is 2.12. The summed E-state index contributed by atoms with van der Waals surface area (Å²) in [5.74, 6) is -4.60. The molecule has 0 radical (unpaired) electrons. The summed E-state index contributed by atoms with van der Waals surface area (Å²) in [6.45, 7) is 0. The topological polar surface area (TPSA) is 12.0 Å². The Morgan fingerprint density at radius 3 is 2.18 bits per heavy atom. The molecule has 0 aliphatic heterocycles. The molecular weight excluding hydrogens is 162 g/mol. The smallest absolute Gasteiger partial charge is 0.196 e. The van der Waals surface area contributed by atoms with Crippen LogP contribution in [0.4, 0.5) is 23.3 Å². The molecule has 1 rings (SSSR count). The van der Waals surface area contributed by atoms with Crippen molar-refractivity contribution in [3.63, 3.8) is 0 Å². The highest BCUT2D eigenvalue weighted by molar-refractivity contribution is 5.42. The van der Waals surface area contributed by atoms with Gasteiger partial charge in [0.25, 0.3) is 0 Å². The van der Waals surface area contributed by atoms with Crippen molar-refractivity contribution in [1.82, 2.24) is 0 Å². The van der Waals surface area contributed by atoms with E-state index < -0.39 is 23.1 Å². The van der Waals surface area contributed by atoms with E-state index in [2.05, 4.69) is 0 Å². The van der Waals surface area contributed by atoms with Crippen LogP contribution in [0.2, 0.25) is 0 Å². The molecule has 0 bridgehead atoms. The van der Waals surface area contributed by atoms with Gasteiger partial charge in [-0.25, -0.2) is 18.7 Å². The summed E-state index contributed by atoms with van der Waals surface area (Å²) < 4.78 is 48.2. The zero-order valence-electron chi connectivity index (χ0n) is 5.17. The molecule has 0 unspecified atom stereocenters. The van der Waals surface area contributed by atoms with Crippen LogP contribution in [0.5, 0.6) is 0 Å². The second-order valence-electron chi connectivity index (χ2n) is 1.82. The van der Waals surface area contributed by atoms with Gasteiger partial charge < -0.3 is 0 Å². The van der Waals surface area contributed by atoms with E-state index in [4.69, 9.17) is 0 Å². The van der Waals surface area contributed by atoms with Crippen LogP contribution in [0.3, 0.4) is 0 Å². The number of anilines is 1. The van der Waals surface area contributed by atoms with Crippen molar-refractivity contribution in [1.29, 1.82) is 0 Å². The molecule has 60 valence electrons. The van der Waals surface area contributed by atoms with Gasteiger partial charge in [0.2, 0.25) is 0 Å². The van der Waals surface area contributed by atoms with E-state index >= 15 is 0 Å². The molecule has 0 spiro atoms. The summed E-state index contributed by atoms with van der Waals surface area (Å²) in [4.78, 5) is 0. The van der Waals surface area contributed by atoms with Crippen molar-refractivity contribution in [2.75, 3.05) is 5.54 Å². The number of nitrogens with one attached hydrogen (secondary N) is 1. The lowest BCUT2D eigenvalue weighted by molar-refractivity contribution is 0.445. The fraction of sp³-hybridized carbons (Fsp3) is 0. The van der Waals surface area contributed by atoms with Gasteiger partial charge in [-0.3, -0.25) is 0 Å². The monoisotopic (exact) mass is 165 g/mol. The summed E-state index contributed by atoms with van der Waals surface area (Å²) >= 11 is 0. The van der Waals surface area contributed by atoms with E-state index in [1.807, 2.05) is 0 Å². The highest BCUT2D eigenvalue weighted by Crippen LogP contribution is 2.19. The average molecular weight is 165 g/mol. The van der Waals surface area contributed by atoms with Crippen molar-refractivity contribution in [2.45, 2.75) is 0 Å². The van der Waals surface area contributed by atoms with Gasteiger partial charge in [-0.05, 0) is 12.1 Å². The Hall–Kier alpha value is -1.26. The van der Waals surface area contributed by atoms with E-state index in [1.165, 1.54) is 0 Å². The van der Waals surface area contributed by atoms with Crippen molar-refractivity contribution in [2.24, 2.45) is 0 Å². The first-order valence-corrected chi connectivity index (χ1v) is 2.67. The summed E-state index contributed by atoms with van der Waals surface area (Å²) in [5.41, 5.74) is 0.163. The van der Waals surface area contributed by atoms with Crippen LogP contribution in [0.15, 0.2) is 12.1 Å². The normalized spacial score (nSPS) is 9.82. The van der Waals surface area contributed by atoms with Gasteiger partial charge in [-0.1, -0.05) is 0 Å². The van der Waals surface area contributed by atoms with Crippen LogP contribution in [0.25, 0.3) is 0 Å². The number of benzene rings is 1. The Bertz CT molecular complexity index is 274. The van der Waals surface area contributed by atoms with Crippen LogP contribution in [-0.2, 0) is 0 Å². The van der Waals surface area contributed by atoms with Crippen LogP contribution in [0, 0.1) is 17.5 Å². The summed E-state index contributed by atoms with van der Waals surface area (Å²) in [5, 5.41) is 0. The van der Waals surface area contributed by atoms with E-state index in [0.29, 0.717) is 6.07 Å². The van der Waals surface area contributed by atoms with E-state index in [1.54, 1.807) is 0 Å².